The van der Waals surface area contributed by atoms with Crippen LogP contribution in [0.5, 0.6) is 0 Å². The Kier molecular flexibility index (Phi) is 1.84. The van der Waals surface area contributed by atoms with E-state index in [9.17, 15) is 0 Å². The molecule has 0 fully saturated rings. The summed E-state index contributed by atoms with van der Waals surface area (Å²) in [5.41, 5.74) is 0. The van der Waals surface area contributed by atoms with Crippen LogP contribution < -0.4 is 3.24 Å². The minimum absolute atomic E-state index is 0.177. The second-order valence-corrected chi connectivity index (χ2v) is 5.90. The first-order chi connectivity index (χ1) is 3.30. The molecule has 1 unspecified atom stereocenters. The normalized spacial score (nSPS) is 12.0. The van der Waals surface area contributed by atoms with Gasteiger partial charge >= 0.3 is 58.4 Å². The molecule has 2 radical (unpaired) electrons. The van der Waals surface area contributed by atoms with E-state index in [1.165, 1.54) is 0 Å². The Morgan fingerprint density at radius 3 is 2.57 bits per heavy atom. The summed E-state index contributed by atoms with van der Waals surface area (Å²) in [6.45, 7) is 2.28. The van der Waals surface area contributed by atoms with Gasteiger partial charge in [0.15, 0.2) is 0 Å². The van der Waals surface area contributed by atoms with Gasteiger partial charge in [0.05, 0.1) is 0 Å². The zero-order valence-corrected chi connectivity index (χ0v) is 7.57. The predicted molar refractivity (Wildman–Crippen MR) is 35.5 cm³/mol. The van der Waals surface area contributed by atoms with Crippen LogP contribution in [0.1, 0.15) is 0 Å². The minimum atomic E-state index is 0.177. The molecule has 0 spiro atoms. The molecule has 1 heterocycles. The molecule has 0 amide bonds. The average molecular weight is 219 g/mol. The third-order valence-corrected chi connectivity index (χ3v) is 5.53. The van der Waals surface area contributed by atoms with E-state index in [1.807, 2.05) is 23.0 Å². The molecule has 0 saturated heterocycles. The van der Waals surface area contributed by atoms with Crippen molar-refractivity contribution in [2.75, 3.05) is 0 Å². The fourth-order valence-corrected chi connectivity index (χ4v) is 2.09. The van der Waals surface area contributed by atoms with Crippen molar-refractivity contribution >= 4 is 33.8 Å². The Balaban J connectivity index is 3.12. The van der Waals surface area contributed by atoms with Gasteiger partial charge in [-0.2, -0.15) is 0 Å². The standard InChI is InChI=1S/C5H6P.Sb/c1-6-4-2-3-5-6;/h2-4H,1H3;. The molecule has 0 bridgehead atoms. The topological polar surface area (TPSA) is 0 Å². The second-order valence-electron chi connectivity index (χ2n) is 1.48. The SMILES string of the molecule is Cp1ccc[c]1[Sb]. The van der Waals surface area contributed by atoms with Crippen LogP contribution in [0, 0.1) is 0 Å². The van der Waals surface area contributed by atoms with Crippen LogP contribution in [0.3, 0.4) is 0 Å². The first kappa shape index (κ1) is 5.73. The molecule has 1 atom stereocenters. The fourth-order valence-electron chi connectivity index (χ4n) is 0.452. The van der Waals surface area contributed by atoms with Crippen molar-refractivity contribution in [2.45, 2.75) is 0 Å². The third kappa shape index (κ3) is 1.24. The van der Waals surface area contributed by atoms with Gasteiger partial charge in [-0.25, -0.2) is 0 Å². The molecule has 7 heavy (non-hydrogen) atoms. The van der Waals surface area contributed by atoms with E-state index in [0.29, 0.717) is 0 Å². The Morgan fingerprint density at radius 1 is 1.71 bits per heavy atom. The molecule has 2 heteroatoms. The molecule has 0 saturated carbocycles. The number of rotatable bonds is 0. The van der Waals surface area contributed by atoms with E-state index in [-0.39, 0.29) is 7.53 Å². The maximum atomic E-state index is 2.28. The molecule has 1 aromatic heterocycles. The number of hydrogen-bond acceptors (Lipinski definition) is 0. The third-order valence-electron chi connectivity index (χ3n) is 0.916. The Bertz CT molecular complexity index is 140. The quantitative estimate of drug-likeness (QED) is 0.571. The van der Waals surface area contributed by atoms with Gasteiger partial charge < -0.3 is 0 Å². The molecule has 1 rings (SSSR count). The molecule has 0 aromatic carbocycles. The molecule has 0 aliphatic carbocycles. The van der Waals surface area contributed by atoms with Gasteiger partial charge in [0.1, 0.15) is 0 Å². The van der Waals surface area contributed by atoms with Gasteiger partial charge in [0, 0.05) is 0 Å². The van der Waals surface area contributed by atoms with E-state index in [1.54, 1.807) is 3.24 Å². The molecule has 0 nitrogen and oxygen atoms in total. The van der Waals surface area contributed by atoms with Crippen LogP contribution >= 0.6 is 7.53 Å². The number of aryl methyl sites for hydroxylation is 1. The van der Waals surface area contributed by atoms with Crippen LogP contribution in [-0.2, 0) is 6.66 Å². The molecular formula is C5H6PSb. The van der Waals surface area contributed by atoms with Crippen molar-refractivity contribution in [2.24, 2.45) is 6.66 Å². The summed E-state index contributed by atoms with van der Waals surface area (Å²) < 4.78 is 1.59. The van der Waals surface area contributed by atoms with Crippen LogP contribution in [-0.4, -0.2) is 23.0 Å². The van der Waals surface area contributed by atoms with Gasteiger partial charge in [-0.05, 0) is 0 Å². The molecule has 0 aliphatic rings. The molecule has 36 valence electrons. The van der Waals surface area contributed by atoms with Crippen molar-refractivity contribution < 1.29 is 0 Å². The number of hydrogen-bond donors (Lipinski definition) is 0. The van der Waals surface area contributed by atoms with Crippen molar-refractivity contribution in [3.63, 3.8) is 0 Å². The van der Waals surface area contributed by atoms with Gasteiger partial charge in [-0.3, -0.25) is 0 Å². The van der Waals surface area contributed by atoms with Crippen LogP contribution in [0.4, 0.5) is 0 Å². The monoisotopic (exact) mass is 218 g/mol. The van der Waals surface area contributed by atoms with Gasteiger partial charge in [0.2, 0.25) is 0 Å². The van der Waals surface area contributed by atoms with Crippen LogP contribution in [0.25, 0.3) is 0 Å². The second kappa shape index (κ2) is 2.24. The maximum absolute atomic E-state index is 2.28. The summed E-state index contributed by atoms with van der Waals surface area (Å²) >= 11 is 1.85. The Hall–Kier alpha value is 0.598. The molecule has 0 N–H and O–H groups in total. The Labute approximate surface area is 58.5 Å². The average Bonchev–Trinajstić information content (AvgIpc) is 1.91. The zero-order chi connectivity index (χ0) is 5.28. The summed E-state index contributed by atoms with van der Waals surface area (Å²) in [6, 6.07) is 4.36. The van der Waals surface area contributed by atoms with E-state index in [2.05, 4.69) is 24.6 Å². The fraction of sp³-hybridized carbons (Fsp3) is 0.200. The predicted octanol–water partition coefficient (Wildman–Crippen LogP) is 1.00. The summed E-state index contributed by atoms with van der Waals surface area (Å²) in [4.78, 5) is 0. The van der Waals surface area contributed by atoms with E-state index in [4.69, 9.17) is 0 Å². The summed E-state index contributed by atoms with van der Waals surface area (Å²) in [5, 5.41) is 0. The summed E-state index contributed by atoms with van der Waals surface area (Å²) in [7, 11) is 0.177. The zero-order valence-electron chi connectivity index (χ0n) is 4.13. The van der Waals surface area contributed by atoms with Crippen molar-refractivity contribution in [1.82, 2.24) is 0 Å². The molecule has 0 aliphatic heterocycles. The Morgan fingerprint density at radius 2 is 2.43 bits per heavy atom. The molecule has 1 aromatic rings. The van der Waals surface area contributed by atoms with Gasteiger partial charge in [-0.1, -0.05) is 0 Å². The van der Waals surface area contributed by atoms with Crippen LogP contribution in [0.2, 0.25) is 0 Å². The first-order valence-electron chi connectivity index (χ1n) is 2.11. The van der Waals surface area contributed by atoms with Crippen molar-refractivity contribution in [3.8, 4) is 0 Å². The first-order valence-corrected chi connectivity index (χ1v) is 5.24. The van der Waals surface area contributed by atoms with E-state index >= 15 is 0 Å². The van der Waals surface area contributed by atoms with Crippen molar-refractivity contribution in [3.05, 3.63) is 17.9 Å². The van der Waals surface area contributed by atoms with Crippen molar-refractivity contribution in [1.29, 1.82) is 0 Å². The van der Waals surface area contributed by atoms with Gasteiger partial charge in [-0.15, -0.1) is 0 Å². The summed E-state index contributed by atoms with van der Waals surface area (Å²) in [6.07, 6.45) is 0. The molecular weight excluding hydrogens is 213 g/mol. The van der Waals surface area contributed by atoms with E-state index < -0.39 is 0 Å². The van der Waals surface area contributed by atoms with E-state index in [0.717, 1.165) is 0 Å². The van der Waals surface area contributed by atoms with Crippen LogP contribution in [0.15, 0.2) is 17.9 Å². The summed E-state index contributed by atoms with van der Waals surface area (Å²) in [5.74, 6) is 2.28. The van der Waals surface area contributed by atoms with Gasteiger partial charge in [0.25, 0.3) is 0 Å².